The molecular weight excluding hydrogens is 338 g/mol. The fourth-order valence-electron chi connectivity index (χ4n) is 3.60. The van der Waals surface area contributed by atoms with Gasteiger partial charge in [-0.2, -0.15) is 11.8 Å². The molecule has 0 aromatic heterocycles. The van der Waals surface area contributed by atoms with E-state index in [9.17, 15) is 4.79 Å². The van der Waals surface area contributed by atoms with Crippen LogP contribution in [0.15, 0.2) is 54.6 Å². The lowest BCUT2D eigenvalue weighted by Gasteiger charge is -2.21. The summed E-state index contributed by atoms with van der Waals surface area (Å²) >= 11 is 2.03. The summed E-state index contributed by atoms with van der Waals surface area (Å²) in [6, 6.07) is 18.5. The number of rotatable bonds is 8. The molecule has 1 N–H and O–H groups in total. The molecule has 3 rings (SSSR count). The summed E-state index contributed by atoms with van der Waals surface area (Å²) < 4.78 is 0. The Balaban J connectivity index is 1.47. The number of amides is 1. The quantitative estimate of drug-likeness (QED) is 0.644. The lowest BCUT2D eigenvalue weighted by molar-refractivity contribution is 0.0955. The molecule has 0 unspecified atom stereocenters. The van der Waals surface area contributed by atoms with Crippen molar-refractivity contribution in [2.75, 3.05) is 12.3 Å². The van der Waals surface area contributed by atoms with Gasteiger partial charge in [0.2, 0.25) is 0 Å². The molecule has 2 aromatic rings. The first kappa shape index (κ1) is 19.0. The van der Waals surface area contributed by atoms with Gasteiger partial charge in [-0.15, -0.1) is 0 Å². The molecule has 0 atom stereocenters. The highest BCUT2D eigenvalue weighted by atomic mass is 32.2. The lowest BCUT2D eigenvalue weighted by Crippen LogP contribution is -2.27. The molecule has 1 saturated carbocycles. The van der Waals surface area contributed by atoms with Crippen LogP contribution in [-0.4, -0.2) is 23.5 Å². The largest absolute Gasteiger partial charge is 0.351 e. The number of hydrogen-bond donors (Lipinski definition) is 1. The summed E-state index contributed by atoms with van der Waals surface area (Å²) in [7, 11) is 0. The van der Waals surface area contributed by atoms with Crippen LogP contribution in [0, 0.1) is 0 Å². The molecule has 1 aliphatic carbocycles. The van der Waals surface area contributed by atoms with Crippen molar-refractivity contribution in [3.63, 3.8) is 0 Å². The van der Waals surface area contributed by atoms with Crippen LogP contribution >= 0.6 is 11.8 Å². The van der Waals surface area contributed by atoms with Crippen LogP contribution in [-0.2, 0) is 12.8 Å². The van der Waals surface area contributed by atoms with Gasteiger partial charge in [-0.3, -0.25) is 4.79 Å². The first-order valence-electron chi connectivity index (χ1n) is 9.84. The topological polar surface area (TPSA) is 29.1 Å². The predicted molar refractivity (Wildman–Crippen MR) is 112 cm³/mol. The first-order valence-corrected chi connectivity index (χ1v) is 10.9. The second-order valence-electron chi connectivity index (χ2n) is 7.03. The molecule has 1 aliphatic rings. The van der Waals surface area contributed by atoms with Crippen LogP contribution in [0.25, 0.3) is 0 Å². The third-order valence-corrected chi connectivity index (χ3v) is 6.46. The van der Waals surface area contributed by atoms with Gasteiger partial charge in [-0.25, -0.2) is 0 Å². The van der Waals surface area contributed by atoms with Crippen molar-refractivity contribution in [2.45, 2.75) is 50.2 Å². The highest BCUT2D eigenvalue weighted by Gasteiger charge is 2.14. The highest BCUT2D eigenvalue weighted by molar-refractivity contribution is 7.99. The summed E-state index contributed by atoms with van der Waals surface area (Å²) in [5.74, 6) is 1.08. The van der Waals surface area contributed by atoms with Gasteiger partial charge in [0.1, 0.15) is 0 Å². The monoisotopic (exact) mass is 367 g/mol. The summed E-state index contributed by atoms with van der Waals surface area (Å²) in [5, 5.41) is 3.92. The molecule has 2 aromatic carbocycles. The van der Waals surface area contributed by atoms with Crippen molar-refractivity contribution < 1.29 is 4.79 Å². The summed E-state index contributed by atoms with van der Waals surface area (Å²) in [4.78, 5) is 12.6. The molecular formula is C23H29NOS. The van der Waals surface area contributed by atoms with E-state index in [2.05, 4.69) is 35.6 Å². The normalized spacial score (nSPS) is 14.9. The van der Waals surface area contributed by atoms with E-state index < -0.39 is 0 Å². The van der Waals surface area contributed by atoms with Gasteiger partial charge in [0.05, 0.1) is 0 Å². The first-order chi connectivity index (χ1) is 12.8. The zero-order valence-electron chi connectivity index (χ0n) is 15.5. The Kier molecular flexibility index (Phi) is 7.63. The van der Waals surface area contributed by atoms with E-state index in [1.165, 1.54) is 37.7 Å². The van der Waals surface area contributed by atoms with E-state index in [1.54, 1.807) is 0 Å². The number of thioether (sulfide) groups is 1. The molecule has 0 radical (unpaired) electrons. The van der Waals surface area contributed by atoms with Gasteiger partial charge >= 0.3 is 0 Å². The zero-order chi connectivity index (χ0) is 18.0. The number of benzene rings is 2. The van der Waals surface area contributed by atoms with Crippen LogP contribution in [0.3, 0.4) is 0 Å². The molecule has 0 bridgehead atoms. The Bertz CT molecular complexity index is 680. The molecule has 138 valence electrons. The molecule has 3 heteroatoms. The standard InChI is InChI=1S/C23H29NOS/c25-23(24-17-18-26-21-12-5-2-6-13-21)22-14-8-7-11-20(22)16-15-19-9-3-1-4-10-19/h1,3-4,7-11,14,21H,2,5-6,12-13,15-18H2,(H,24,25). The van der Waals surface area contributed by atoms with Crippen molar-refractivity contribution in [3.05, 3.63) is 71.3 Å². The molecule has 0 saturated heterocycles. The molecule has 1 amide bonds. The van der Waals surface area contributed by atoms with E-state index in [1.807, 2.05) is 36.0 Å². The van der Waals surface area contributed by atoms with Crippen LogP contribution in [0.1, 0.15) is 53.6 Å². The fourth-order valence-corrected chi connectivity index (χ4v) is 4.82. The maximum atomic E-state index is 12.6. The van der Waals surface area contributed by atoms with Crippen molar-refractivity contribution in [1.29, 1.82) is 0 Å². The Morgan fingerprint density at radius 2 is 1.65 bits per heavy atom. The zero-order valence-corrected chi connectivity index (χ0v) is 16.3. The smallest absolute Gasteiger partial charge is 0.251 e. The molecule has 0 heterocycles. The van der Waals surface area contributed by atoms with E-state index in [4.69, 9.17) is 0 Å². The third-order valence-electron chi connectivity index (χ3n) is 5.08. The Morgan fingerprint density at radius 3 is 2.46 bits per heavy atom. The van der Waals surface area contributed by atoms with Crippen LogP contribution < -0.4 is 5.32 Å². The number of carbonyl (C=O) groups excluding carboxylic acids is 1. The van der Waals surface area contributed by atoms with Crippen molar-refractivity contribution in [1.82, 2.24) is 5.32 Å². The van der Waals surface area contributed by atoms with Crippen molar-refractivity contribution in [3.8, 4) is 0 Å². The maximum Gasteiger partial charge on any atom is 0.251 e. The minimum Gasteiger partial charge on any atom is -0.351 e. The Hall–Kier alpha value is -1.74. The van der Waals surface area contributed by atoms with Gasteiger partial charge in [0.25, 0.3) is 5.91 Å². The van der Waals surface area contributed by atoms with Gasteiger partial charge < -0.3 is 5.32 Å². The SMILES string of the molecule is O=C(NCCSC1CCCCC1)c1ccccc1CCc1ccccc1. The van der Waals surface area contributed by atoms with Gasteiger partial charge in [0, 0.05) is 23.1 Å². The lowest BCUT2D eigenvalue weighted by atomic mass is 9.99. The minimum atomic E-state index is 0.0675. The predicted octanol–water partition coefficient (Wildman–Crippen LogP) is 5.27. The van der Waals surface area contributed by atoms with Crippen molar-refractivity contribution >= 4 is 17.7 Å². The molecule has 2 nitrogen and oxygen atoms in total. The average Bonchev–Trinajstić information content (AvgIpc) is 2.71. The number of carbonyl (C=O) groups is 1. The maximum absolute atomic E-state index is 12.6. The highest BCUT2D eigenvalue weighted by Crippen LogP contribution is 2.27. The van der Waals surface area contributed by atoms with E-state index in [-0.39, 0.29) is 5.91 Å². The van der Waals surface area contributed by atoms with Crippen molar-refractivity contribution in [2.24, 2.45) is 0 Å². The van der Waals surface area contributed by atoms with Crippen LogP contribution in [0.2, 0.25) is 0 Å². The average molecular weight is 368 g/mol. The number of hydrogen-bond acceptors (Lipinski definition) is 2. The summed E-state index contributed by atoms with van der Waals surface area (Å²) in [5.41, 5.74) is 3.27. The number of aryl methyl sites for hydroxylation is 2. The molecule has 0 aliphatic heterocycles. The third kappa shape index (κ3) is 5.91. The minimum absolute atomic E-state index is 0.0675. The van der Waals surface area contributed by atoms with Crippen LogP contribution in [0.5, 0.6) is 0 Å². The Morgan fingerprint density at radius 1 is 0.923 bits per heavy atom. The van der Waals surface area contributed by atoms with Gasteiger partial charge in [-0.1, -0.05) is 67.8 Å². The van der Waals surface area contributed by atoms with Crippen LogP contribution in [0.4, 0.5) is 0 Å². The van der Waals surface area contributed by atoms with Gasteiger partial charge in [-0.05, 0) is 42.9 Å². The van der Waals surface area contributed by atoms with E-state index in [0.29, 0.717) is 0 Å². The number of nitrogens with one attached hydrogen (secondary N) is 1. The fraction of sp³-hybridized carbons (Fsp3) is 0.435. The molecule has 0 spiro atoms. The van der Waals surface area contributed by atoms with E-state index in [0.717, 1.165) is 41.5 Å². The van der Waals surface area contributed by atoms with E-state index >= 15 is 0 Å². The molecule has 26 heavy (non-hydrogen) atoms. The van der Waals surface area contributed by atoms with Gasteiger partial charge in [0.15, 0.2) is 0 Å². The Labute approximate surface area is 161 Å². The summed E-state index contributed by atoms with van der Waals surface area (Å²) in [6.45, 7) is 0.757. The summed E-state index contributed by atoms with van der Waals surface area (Å²) in [6.07, 6.45) is 8.69. The second-order valence-corrected chi connectivity index (χ2v) is 8.44. The molecule has 1 fully saturated rings. The second kappa shape index (κ2) is 10.4.